The zero-order valence-corrected chi connectivity index (χ0v) is 11.2. The first-order valence-corrected chi connectivity index (χ1v) is 5.93. The number of rotatable bonds is 5. The largest absolute Gasteiger partial charge is 0.491 e. The Bertz CT molecular complexity index is 692. The van der Waals surface area contributed by atoms with Crippen molar-refractivity contribution >= 4 is 6.29 Å². The summed E-state index contributed by atoms with van der Waals surface area (Å²) in [7, 11) is 0.880. The first kappa shape index (κ1) is 15.7. The van der Waals surface area contributed by atoms with Gasteiger partial charge in [0.25, 0.3) is 0 Å². The van der Waals surface area contributed by atoms with Gasteiger partial charge in [0.05, 0.1) is 12.7 Å². The van der Waals surface area contributed by atoms with E-state index in [1.165, 1.54) is 18.2 Å². The Labute approximate surface area is 122 Å². The van der Waals surface area contributed by atoms with E-state index < -0.39 is 41.2 Å². The van der Waals surface area contributed by atoms with Crippen molar-refractivity contribution in [3.63, 3.8) is 0 Å². The number of aldehydes is 1. The molecule has 0 aliphatic heterocycles. The Morgan fingerprint density at radius 3 is 2.27 bits per heavy atom. The Hall–Kier alpha value is -2.64. The van der Waals surface area contributed by atoms with Crippen LogP contribution in [0.4, 0.5) is 17.6 Å². The number of hydrogen-bond donors (Lipinski definition) is 0. The number of hydrogen-bond acceptors (Lipinski definition) is 4. The van der Waals surface area contributed by atoms with E-state index >= 15 is 0 Å². The highest BCUT2D eigenvalue weighted by molar-refractivity contribution is 5.71. The number of benzene rings is 1. The molecule has 0 fully saturated rings. The Kier molecular flexibility index (Phi) is 4.59. The molecule has 0 bridgehead atoms. The van der Waals surface area contributed by atoms with Crippen LogP contribution < -0.4 is 9.47 Å². The monoisotopic (exact) mass is 315 g/mol. The number of pyridine rings is 1. The van der Waals surface area contributed by atoms with Crippen molar-refractivity contribution in [1.82, 2.24) is 4.98 Å². The number of carbonyl (C=O) groups excluding carboxylic acids is 1. The van der Waals surface area contributed by atoms with Crippen molar-refractivity contribution in [3.05, 3.63) is 52.7 Å². The van der Waals surface area contributed by atoms with Crippen LogP contribution in [-0.4, -0.2) is 18.4 Å². The minimum Gasteiger partial charge on any atom is -0.491 e. The second-order valence-corrected chi connectivity index (χ2v) is 4.07. The highest BCUT2D eigenvalue weighted by Crippen LogP contribution is 2.30. The maximum Gasteiger partial charge on any atom is 0.214 e. The number of nitrogens with zero attached hydrogens (tertiary/aromatic N) is 1. The van der Waals surface area contributed by atoms with Gasteiger partial charge in [0, 0.05) is 6.07 Å². The Morgan fingerprint density at radius 2 is 1.73 bits per heavy atom. The van der Waals surface area contributed by atoms with Gasteiger partial charge in [-0.3, -0.25) is 4.79 Å². The smallest absolute Gasteiger partial charge is 0.214 e. The molecule has 116 valence electrons. The third kappa shape index (κ3) is 2.85. The molecule has 1 aromatic carbocycles. The lowest BCUT2D eigenvalue weighted by molar-refractivity contribution is 0.111. The van der Waals surface area contributed by atoms with Gasteiger partial charge >= 0.3 is 0 Å². The van der Waals surface area contributed by atoms with Gasteiger partial charge in [0.15, 0.2) is 23.7 Å². The van der Waals surface area contributed by atoms with Crippen LogP contribution >= 0.6 is 0 Å². The molecule has 0 saturated heterocycles. The van der Waals surface area contributed by atoms with E-state index in [4.69, 9.17) is 4.74 Å². The lowest BCUT2D eigenvalue weighted by Crippen LogP contribution is -2.09. The molecule has 0 atom stereocenters. The van der Waals surface area contributed by atoms with Crippen molar-refractivity contribution in [3.8, 4) is 11.6 Å². The molecular weight excluding hydrogens is 306 g/mol. The van der Waals surface area contributed by atoms with Gasteiger partial charge in [-0.15, -0.1) is 0 Å². The number of methoxy groups -OCH3 is 1. The summed E-state index contributed by atoms with van der Waals surface area (Å²) in [6.07, 6.45) is 0.445. The van der Waals surface area contributed by atoms with Gasteiger partial charge in [-0.25, -0.2) is 13.8 Å². The molecule has 0 unspecified atom stereocenters. The minimum absolute atomic E-state index is 0.0329. The molecular formula is C14H9F4NO3. The predicted octanol–water partition coefficient (Wildman–Crippen LogP) is 3.04. The van der Waals surface area contributed by atoms with Crippen LogP contribution in [-0.2, 0) is 6.61 Å². The molecule has 1 heterocycles. The van der Waals surface area contributed by atoms with Crippen LogP contribution in [0.25, 0.3) is 0 Å². The third-order valence-electron chi connectivity index (χ3n) is 2.75. The Morgan fingerprint density at radius 1 is 1.09 bits per heavy atom. The number of aromatic nitrogens is 1. The summed E-state index contributed by atoms with van der Waals surface area (Å²) in [5.74, 6) is -7.84. The summed E-state index contributed by atoms with van der Waals surface area (Å²) >= 11 is 0. The van der Waals surface area contributed by atoms with Crippen LogP contribution in [0.5, 0.6) is 11.6 Å². The normalized spacial score (nSPS) is 10.4. The second kappa shape index (κ2) is 6.42. The van der Waals surface area contributed by atoms with Gasteiger partial charge < -0.3 is 9.47 Å². The third-order valence-corrected chi connectivity index (χ3v) is 2.75. The fourth-order valence-corrected chi connectivity index (χ4v) is 1.69. The SMILES string of the molecule is COc1c(F)c(F)c(COc2cccc(C=O)n2)c(F)c1F. The second-order valence-electron chi connectivity index (χ2n) is 4.07. The predicted molar refractivity (Wildman–Crippen MR) is 66.8 cm³/mol. The summed E-state index contributed by atoms with van der Waals surface area (Å²) in [6.45, 7) is -0.815. The number of halogens is 4. The molecule has 0 amide bonds. The molecule has 2 rings (SSSR count). The Balaban J connectivity index is 2.32. The average Bonchev–Trinajstić information content (AvgIpc) is 2.54. The minimum atomic E-state index is -1.66. The molecule has 4 nitrogen and oxygen atoms in total. The van der Waals surface area contributed by atoms with Crippen LogP contribution in [0.15, 0.2) is 18.2 Å². The molecule has 1 aromatic heterocycles. The molecule has 0 spiro atoms. The molecule has 2 aromatic rings. The van der Waals surface area contributed by atoms with Gasteiger partial charge in [-0.05, 0) is 6.07 Å². The van der Waals surface area contributed by atoms with Gasteiger partial charge in [-0.1, -0.05) is 6.07 Å². The molecule has 0 radical (unpaired) electrons. The van der Waals surface area contributed by atoms with Crippen molar-refractivity contribution in [2.75, 3.05) is 7.11 Å². The first-order chi connectivity index (χ1) is 10.5. The molecule has 0 N–H and O–H groups in total. The maximum atomic E-state index is 13.7. The van der Waals surface area contributed by atoms with E-state index in [1.807, 2.05) is 0 Å². The van der Waals surface area contributed by atoms with Gasteiger partial charge in [-0.2, -0.15) is 8.78 Å². The fraction of sp³-hybridized carbons (Fsp3) is 0.143. The van der Waals surface area contributed by atoms with E-state index in [0.717, 1.165) is 7.11 Å². The lowest BCUT2D eigenvalue weighted by Gasteiger charge is -2.11. The van der Waals surface area contributed by atoms with E-state index in [0.29, 0.717) is 6.29 Å². The van der Waals surface area contributed by atoms with Crippen LogP contribution in [0.1, 0.15) is 16.1 Å². The van der Waals surface area contributed by atoms with Crippen LogP contribution in [0.3, 0.4) is 0 Å². The summed E-state index contributed by atoms with van der Waals surface area (Å²) in [5, 5.41) is 0. The highest BCUT2D eigenvalue weighted by Gasteiger charge is 2.26. The first-order valence-electron chi connectivity index (χ1n) is 5.93. The van der Waals surface area contributed by atoms with E-state index in [9.17, 15) is 22.4 Å². The molecule has 0 aliphatic rings. The lowest BCUT2D eigenvalue weighted by atomic mass is 10.1. The average molecular weight is 315 g/mol. The zero-order chi connectivity index (χ0) is 16.3. The molecule has 22 heavy (non-hydrogen) atoms. The van der Waals surface area contributed by atoms with Crippen LogP contribution in [0.2, 0.25) is 0 Å². The van der Waals surface area contributed by atoms with Crippen molar-refractivity contribution in [2.45, 2.75) is 6.61 Å². The van der Waals surface area contributed by atoms with E-state index in [2.05, 4.69) is 9.72 Å². The van der Waals surface area contributed by atoms with Crippen molar-refractivity contribution in [1.29, 1.82) is 0 Å². The van der Waals surface area contributed by atoms with E-state index in [1.54, 1.807) is 0 Å². The number of ether oxygens (including phenoxy) is 2. The molecule has 0 aliphatic carbocycles. The van der Waals surface area contributed by atoms with E-state index in [-0.39, 0.29) is 11.6 Å². The topological polar surface area (TPSA) is 48.4 Å². The molecule has 0 saturated carbocycles. The van der Waals surface area contributed by atoms with Gasteiger partial charge in [0.2, 0.25) is 17.5 Å². The molecule has 8 heteroatoms. The highest BCUT2D eigenvalue weighted by atomic mass is 19.2. The summed E-state index contributed by atoms with van der Waals surface area (Å²) in [6, 6.07) is 4.13. The zero-order valence-electron chi connectivity index (χ0n) is 11.2. The maximum absolute atomic E-state index is 13.7. The van der Waals surface area contributed by atoms with Crippen LogP contribution in [0, 0.1) is 23.3 Å². The number of carbonyl (C=O) groups is 1. The summed E-state index contributed by atoms with van der Waals surface area (Å²) < 4.78 is 63.7. The quantitative estimate of drug-likeness (QED) is 0.483. The summed E-state index contributed by atoms with van der Waals surface area (Å²) in [4.78, 5) is 14.2. The van der Waals surface area contributed by atoms with Crippen molar-refractivity contribution in [2.24, 2.45) is 0 Å². The fourth-order valence-electron chi connectivity index (χ4n) is 1.69. The van der Waals surface area contributed by atoms with Crippen molar-refractivity contribution < 1.29 is 31.8 Å². The van der Waals surface area contributed by atoms with Gasteiger partial charge in [0.1, 0.15) is 12.3 Å². The standard InChI is InChI=1S/C14H9F4NO3/c1-21-14-12(17)10(15)8(11(16)13(14)18)6-22-9-4-2-3-7(5-20)19-9/h2-5H,6H2,1H3. The summed E-state index contributed by atoms with van der Waals surface area (Å²) in [5.41, 5.74) is -0.917.